The topological polar surface area (TPSA) is 71.0 Å². The summed E-state index contributed by atoms with van der Waals surface area (Å²) in [6.45, 7) is 0.778. The predicted octanol–water partition coefficient (Wildman–Crippen LogP) is 4.56. The highest BCUT2D eigenvalue weighted by molar-refractivity contribution is 6.30. The van der Waals surface area contributed by atoms with Crippen molar-refractivity contribution >= 4 is 29.0 Å². The second kappa shape index (κ2) is 9.01. The molecule has 0 radical (unpaired) electrons. The molecule has 0 unspecified atom stereocenters. The molecule has 1 amide bonds. The van der Waals surface area contributed by atoms with E-state index in [0.29, 0.717) is 23.7 Å². The summed E-state index contributed by atoms with van der Waals surface area (Å²) in [5.74, 6) is 0.830. The molecule has 1 aliphatic rings. The van der Waals surface area contributed by atoms with E-state index in [1.165, 1.54) is 0 Å². The smallest absolute Gasteiger partial charge is 0.223 e. The van der Waals surface area contributed by atoms with E-state index in [9.17, 15) is 4.79 Å². The Labute approximate surface area is 175 Å². The van der Waals surface area contributed by atoms with Crippen LogP contribution in [0.3, 0.4) is 0 Å². The summed E-state index contributed by atoms with van der Waals surface area (Å²) in [5.41, 5.74) is 2.84. The fraction of sp³-hybridized carbons (Fsp3) is 0.273. The summed E-state index contributed by atoms with van der Waals surface area (Å²) < 4.78 is 0. The molecule has 0 aliphatic carbocycles. The van der Waals surface area contributed by atoms with Crippen LogP contribution in [0.15, 0.2) is 61.2 Å². The minimum Gasteiger partial charge on any atom is -0.338 e. The Morgan fingerprint density at radius 1 is 1.17 bits per heavy atom. The lowest BCUT2D eigenvalue weighted by Crippen LogP contribution is -2.31. The number of nitrogens with zero attached hydrogens (tertiary/aromatic N) is 4. The molecule has 1 N–H and O–H groups in total. The van der Waals surface area contributed by atoms with Gasteiger partial charge in [-0.3, -0.25) is 14.8 Å². The predicted molar refractivity (Wildman–Crippen MR) is 113 cm³/mol. The molecule has 3 heterocycles. The number of aromatic nitrogens is 3. The van der Waals surface area contributed by atoms with E-state index in [1.807, 2.05) is 41.3 Å². The van der Waals surface area contributed by atoms with Gasteiger partial charge in [0, 0.05) is 30.4 Å². The Kier molecular flexibility index (Phi) is 6.00. The lowest BCUT2D eigenvalue weighted by Gasteiger charge is -2.24. The summed E-state index contributed by atoms with van der Waals surface area (Å²) in [6.07, 6.45) is 9.80. The lowest BCUT2D eigenvalue weighted by atomic mass is 10.1. The lowest BCUT2D eigenvalue weighted by molar-refractivity contribution is -0.132. The van der Waals surface area contributed by atoms with E-state index in [4.69, 9.17) is 11.6 Å². The van der Waals surface area contributed by atoms with Crippen LogP contribution in [0.2, 0.25) is 5.02 Å². The minimum atomic E-state index is 0.0347. The quantitative estimate of drug-likeness (QED) is 0.648. The minimum absolute atomic E-state index is 0.0347. The van der Waals surface area contributed by atoms with E-state index in [2.05, 4.69) is 20.3 Å². The van der Waals surface area contributed by atoms with Gasteiger partial charge in [0.25, 0.3) is 0 Å². The molecule has 1 aromatic carbocycles. The average molecular weight is 408 g/mol. The highest BCUT2D eigenvalue weighted by Crippen LogP contribution is 2.32. The van der Waals surface area contributed by atoms with Crippen molar-refractivity contribution < 1.29 is 4.79 Å². The molecule has 3 aromatic rings. The number of amides is 1. The van der Waals surface area contributed by atoms with Crippen molar-refractivity contribution in [1.29, 1.82) is 0 Å². The van der Waals surface area contributed by atoms with Gasteiger partial charge in [-0.1, -0.05) is 23.7 Å². The number of pyridine rings is 1. The number of rotatable bonds is 6. The van der Waals surface area contributed by atoms with E-state index < -0.39 is 0 Å². The SMILES string of the molecule is O=C(CCc1cccc(Cl)c1)N1CCC[C@H]1c1ccc(Nc2cnccn2)cn1. The Hall–Kier alpha value is -2.99. The maximum atomic E-state index is 12.8. The number of aryl methyl sites for hydroxylation is 1. The number of nitrogens with one attached hydrogen (secondary N) is 1. The first-order chi connectivity index (χ1) is 14.2. The molecule has 6 nitrogen and oxygen atoms in total. The van der Waals surface area contributed by atoms with Crippen molar-refractivity contribution in [3.05, 3.63) is 77.5 Å². The molecule has 148 valence electrons. The first-order valence-corrected chi connectivity index (χ1v) is 10.1. The number of benzene rings is 1. The molecule has 0 saturated carbocycles. The second-order valence-corrected chi connectivity index (χ2v) is 7.50. The first-order valence-electron chi connectivity index (χ1n) is 9.72. The number of likely N-dealkylation sites (tertiary alicyclic amines) is 1. The van der Waals surface area contributed by atoms with Crippen LogP contribution in [-0.2, 0) is 11.2 Å². The van der Waals surface area contributed by atoms with Crippen LogP contribution in [0.5, 0.6) is 0 Å². The highest BCUT2D eigenvalue weighted by atomic mass is 35.5. The number of hydrogen-bond acceptors (Lipinski definition) is 5. The molecule has 2 aromatic heterocycles. The van der Waals surface area contributed by atoms with Crippen LogP contribution < -0.4 is 5.32 Å². The molecule has 4 rings (SSSR count). The Morgan fingerprint density at radius 2 is 2.10 bits per heavy atom. The van der Waals surface area contributed by atoms with Crippen molar-refractivity contribution in [2.75, 3.05) is 11.9 Å². The zero-order valence-electron chi connectivity index (χ0n) is 16.0. The zero-order valence-corrected chi connectivity index (χ0v) is 16.7. The number of anilines is 2. The summed E-state index contributed by atoms with van der Waals surface area (Å²) in [4.78, 5) is 27.6. The van der Waals surface area contributed by atoms with E-state index in [1.54, 1.807) is 24.8 Å². The molecule has 1 aliphatic heterocycles. The Bertz CT molecular complexity index is 964. The maximum absolute atomic E-state index is 12.8. The number of halogens is 1. The molecule has 1 fully saturated rings. The Balaban J connectivity index is 1.39. The van der Waals surface area contributed by atoms with Gasteiger partial charge in [-0.25, -0.2) is 4.98 Å². The summed E-state index contributed by atoms with van der Waals surface area (Å²) in [6, 6.07) is 11.7. The third-order valence-electron chi connectivity index (χ3n) is 5.05. The zero-order chi connectivity index (χ0) is 20.1. The second-order valence-electron chi connectivity index (χ2n) is 7.06. The van der Waals surface area contributed by atoms with Gasteiger partial charge < -0.3 is 10.2 Å². The molecular formula is C22H22ClN5O. The number of carbonyl (C=O) groups is 1. The van der Waals surface area contributed by atoms with Crippen LogP contribution in [0.25, 0.3) is 0 Å². The van der Waals surface area contributed by atoms with Crippen LogP contribution in [0.4, 0.5) is 11.5 Å². The maximum Gasteiger partial charge on any atom is 0.223 e. The largest absolute Gasteiger partial charge is 0.338 e. The van der Waals surface area contributed by atoms with Gasteiger partial charge in [0.2, 0.25) is 5.91 Å². The standard InChI is InChI=1S/C22H22ClN5O/c23-17-4-1-3-16(13-17)6-9-22(29)28-12-2-5-20(28)19-8-7-18(14-26-19)27-21-15-24-10-11-25-21/h1,3-4,7-8,10-11,13-15,20H,2,5-6,9,12H2,(H,25,27)/t20-/m0/s1. The van der Waals surface area contributed by atoms with Crippen LogP contribution >= 0.6 is 11.6 Å². The van der Waals surface area contributed by atoms with Crippen LogP contribution in [-0.4, -0.2) is 32.3 Å². The van der Waals surface area contributed by atoms with Gasteiger partial charge in [0.15, 0.2) is 0 Å². The molecule has 1 saturated heterocycles. The summed E-state index contributed by atoms with van der Waals surface area (Å²) in [7, 11) is 0. The van der Waals surface area contributed by atoms with E-state index >= 15 is 0 Å². The highest BCUT2D eigenvalue weighted by Gasteiger charge is 2.30. The monoisotopic (exact) mass is 407 g/mol. The fourth-order valence-electron chi connectivity index (χ4n) is 3.65. The number of carbonyl (C=O) groups excluding carboxylic acids is 1. The average Bonchev–Trinajstić information content (AvgIpc) is 3.23. The van der Waals surface area contributed by atoms with Crippen molar-refractivity contribution in [2.45, 2.75) is 31.7 Å². The van der Waals surface area contributed by atoms with Gasteiger partial charge in [-0.2, -0.15) is 0 Å². The van der Waals surface area contributed by atoms with Crippen molar-refractivity contribution in [1.82, 2.24) is 19.9 Å². The number of hydrogen-bond donors (Lipinski definition) is 1. The third kappa shape index (κ3) is 4.90. The van der Waals surface area contributed by atoms with E-state index in [0.717, 1.165) is 36.3 Å². The molecular weight excluding hydrogens is 386 g/mol. The van der Waals surface area contributed by atoms with Crippen LogP contribution in [0.1, 0.15) is 36.6 Å². The normalized spacial score (nSPS) is 16.0. The molecule has 1 atom stereocenters. The first kappa shape index (κ1) is 19.3. The van der Waals surface area contributed by atoms with Crippen molar-refractivity contribution in [2.24, 2.45) is 0 Å². The molecule has 0 spiro atoms. The van der Waals surface area contributed by atoms with E-state index in [-0.39, 0.29) is 11.9 Å². The Morgan fingerprint density at radius 3 is 2.86 bits per heavy atom. The van der Waals surface area contributed by atoms with Gasteiger partial charge in [0.05, 0.1) is 29.8 Å². The van der Waals surface area contributed by atoms with Crippen molar-refractivity contribution in [3.63, 3.8) is 0 Å². The van der Waals surface area contributed by atoms with Gasteiger partial charge in [-0.05, 0) is 49.1 Å². The van der Waals surface area contributed by atoms with Crippen LogP contribution in [0, 0.1) is 0 Å². The van der Waals surface area contributed by atoms with Gasteiger partial charge in [-0.15, -0.1) is 0 Å². The van der Waals surface area contributed by atoms with Gasteiger partial charge in [0.1, 0.15) is 5.82 Å². The fourth-order valence-corrected chi connectivity index (χ4v) is 3.86. The van der Waals surface area contributed by atoms with Crippen molar-refractivity contribution in [3.8, 4) is 0 Å². The molecule has 7 heteroatoms. The summed E-state index contributed by atoms with van der Waals surface area (Å²) in [5, 5.41) is 3.87. The van der Waals surface area contributed by atoms with Gasteiger partial charge >= 0.3 is 0 Å². The summed E-state index contributed by atoms with van der Waals surface area (Å²) >= 11 is 6.04. The third-order valence-corrected chi connectivity index (χ3v) is 5.29. The molecule has 0 bridgehead atoms. The molecule has 29 heavy (non-hydrogen) atoms.